The van der Waals surface area contributed by atoms with Crippen LogP contribution in [0.2, 0.25) is 0 Å². The molecule has 1 atom stereocenters. The number of amides is 2. The van der Waals surface area contributed by atoms with E-state index in [2.05, 4.69) is 10.6 Å². The van der Waals surface area contributed by atoms with Gasteiger partial charge in [-0.2, -0.15) is 0 Å². The van der Waals surface area contributed by atoms with Crippen molar-refractivity contribution in [1.82, 2.24) is 5.32 Å². The Morgan fingerprint density at radius 3 is 2.30 bits per heavy atom. The van der Waals surface area contributed by atoms with Gasteiger partial charge >= 0.3 is 0 Å². The summed E-state index contributed by atoms with van der Waals surface area (Å²) in [4.78, 5) is 23.2. The zero-order valence-corrected chi connectivity index (χ0v) is 13.7. The molecular weight excluding hydrogens is 288 g/mol. The number of rotatable bonds is 5. The zero-order valence-electron chi connectivity index (χ0n) is 13.7. The number of carbonyl (C=O) groups is 2. The highest BCUT2D eigenvalue weighted by Crippen LogP contribution is 2.17. The molecule has 0 aliphatic carbocycles. The van der Waals surface area contributed by atoms with E-state index in [1.54, 1.807) is 12.1 Å². The van der Waals surface area contributed by atoms with Gasteiger partial charge in [-0.3, -0.25) is 9.59 Å². The van der Waals surface area contributed by atoms with Crippen LogP contribution in [-0.2, 0) is 16.0 Å². The topological polar surface area (TPSA) is 58.2 Å². The van der Waals surface area contributed by atoms with Gasteiger partial charge in [-0.1, -0.05) is 36.4 Å². The molecule has 120 valence electrons. The summed E-state index contributed by atoms with van der Waals surface area (Å²) in [5, 5.41) is 5.73. The Bertz CT molecular complexity index is 693. The van der Waals surface area contributed by atoms with E-state index in [0.717, 1.165) is 16.8 Å². The fourth-order valence-electron chi connectivity index (χ4n) is 2.54. The molecule has 0 aliphatic heterocycles. The van der Waals surface area contributed by atoms with Crippen molar-refractivity contribution in [2.75, 3.05) is 5.32 Å². The van der Waals surface area contributed by atoms with Gasteiger partial charge in [0.25, 0.3) is 0 Å². The van der Waals surface area contributed by atoms with E-state index in [1.165, 1.54) is 12.5 Å². The van der Waals surface area contributed by atoms with E-state index in [9.17, 15) is 9.59 Å². The van der Waals surface area contributed by atoms with Crippen molar-refractivity contribution in [3.05, 3.63) is 65.2 Å². The molecule has 2 rings (SSSR count). The van der Waals surface area contributed by atoms with Crippen LogP contribution in [0.25, 0.3) is 0 Å². The van der Waals surface area contributed by atoms with Gasteiger partial charge in [-0.25, -0.2) is 0 Å². The fraction of sp³-hybridized carbons (Fsp3) is 0.263. The third-order valence-corrected chi connectivity index (χ3v) is 3.67. The molecule has 0 saturated carbocycles. The Labute approximate surface area is 136 Å². The molecule has 0 spiro atoms. The average molecular weight is 310 g/mol. The molecular formula is C19H22N2O2. The zero-order chi connectivity index (χ0) is 16.8. The van der Waals surface area contributed by atoms with Crippen LogP contribution < -0.4 is 10.6 Å². The van der Waals surface area contributed by atoms with Gasteiger partial charge in [0.1, 0.15) is 0 Å². The van der Waals surface area contributed by atoms with Crippen molar-refractivity contribution in [2.45, 2.75) is 33.2 Å². The van der Waals surface area contributed by atoms with Crippen molar-refractivity contribution < 1.29 is 9.59 Å². The van der Waals surface area contributed by atoms with E-state index < -0.39 is 0 Å². The maximum Gasteiger partial charge on any atom is 0.224 e. The second-order valence-corrected chi connectivity index (χ2v) is 5.70. The number of carbonyl (C=O) groups excluding carboxylic acids is 2. The average Bonchev–Trinajstić information content (AvgIpc) is 2.49. The van der Waals surface area contributed by atoms with Crippen molar-refractivity contribution in [3.8, 4) is 0 Å². The summed E-state index contributed by atoms with van der Waals surface area (Å²) in [7, 11) is 0. The summed E-state index contributed by atoms with van der Waals surface area (Å²) in [6, 6.07) is 15.3. The first-order valence-corrected chi connectivity index (χ1v) is 7.67. The predicted octanol–water partition coefficient (Wildman–Crippen LogP) is 3.37. The number of hydrogen-bond donors (Lipinski definition) is 2. The fourth-order valence-corrected chi connectivity index (χ4v) is 2.54. The van der Waals surface area contributed by atoms with E-state index in [-0.39, 0.29) is 17.9 Å². The van der Waals surface area contributed by atoms with Crippen LogP contribution in [0.15, 0.2) is 48.5 Å². The molecule has 2 N–H and O–H groups in total. The summed E-state index contributed by atoms with van der Waals surface area (Å²) in [5.74, 6) is -0.129. The van der Waals surface area contributed by atoms with Crippen LogP contribution >= 0.6 is 0 Å². The first-order chi connectivity index (χ1) is 11.0. The minimum Gasteiger partial charge on any atom is -0.349 e. The minimum absolute atomic E-state index is 0.0203. The predicted molar refractivity (Wildman–Crippen MR) is 92.2 cm³/mol. The van der Waals surface area contributed by atoms with Crippen LogP contribution in [0.1, 0.15) is 36.6 Å². The molecule has 0 unspecified atom stereocenters. The van der Waals surface area contributed by atoms with E-state index >= 15 is 0 Å². The molecule has 0 saturated heterocycles. The number of anilines is 1. The van der Waals surface area contributed by atoms with E-state index in [0.29, 0.717) is 6.42 Å². The quantitative estimate of drug-likeness (QED) is 0.889. The van der Waals surface area contributed by atoms with Gasteiger partial charge in [-0.05, 0) is 42.7 Å². The maximum absolute atomic E-state index is 12.2. The van der Waals surface area contributed by atoms with Crippen LogP contribution in [0, 0.1) is 6.92 Å². The lowest BCUT2D eigenvalue weighted by Gasteiger charge is -2.16. The van der Waals surface area contributed by atoms with Crippen molar-refractivity contribution in [1.29, 1.82) is 0 Å². The van der Waals surface area contributed by atoms with Gasteiger partial charge in [-0.15, -0.1) is 0 Å². The first-order valence-electron chi connectivity index (χ1n) is 7.67. The monoisotopic (exact) mass is 310 g/mol. The third kappa shape index (κ3) is 4.95. The molecule has 4 heteroatoms. The lowest BCUT2D eigenvalue weighted by molar-refractivity contribution is -0.121. The molecule has 0 aliphatic rings. The van der Waals surface area contributed by atoms with E-state index in [1.807, 2.05) is 50.2 Å². The number of nitrogens with one attached hydrogen (secondary N) is 2. The normalized spacial score (nSPS) is 11.6. The maximum atomic E-state index is 12.2. The van der Waals surface area contributed by atoms with Crippen LogP contribution in [-0.4, -0.2) is 11.8 Å². The molecule has 0 radical (unpaired) electrons. The standard InChI is InChI=1S/C19H22N2O2/c1-13-6-4-5-7-18(13)14(2)20-19(23)12-16-8-10-17(11-9-16)21-15(3)22/h4-11,14H,12H2,1-3H3,(H,20,23)(H,21,22)/t14-/m1/s1. The summed E-state index contributed by atoms with van der Waals surface area (Å²) >= 11 is 0. The second kappa shape index (κ2) is 7.58. The Kier molecular flexibility index (Phi) is 5.52. The highest BCUT2D eigenvalue weighted by molar-refractivity contribution is 5.88. The Morgan fingerprint density at radius 1 is 1.04 bits per heavy atom. The minimum atomic E-state index is -0.109. The number of hydrogen-bond acceptors (Lipinski definition) is 2. The lowest BCUT2D eigenvalue weighted by atomic mass is 10.0. The van der Waals surface area contributed by atoms with Gasteiger partial charge in [0, 0.05) is 12.6 Å². The molecule has 23 heavy (non-hydrogen) atoms. The van der Waals surface area contributed by atoms with Crippen molar-refractivity contribution in [3.63, 3.8) is 0 Å². The van der Waals surface area contributed by atoms with Gasteiger partial charge in [0.05, 0.1) is 12.5 Å². The molecule has 0 bridgehead atoms. The Morgan fingerprint density at radius 2 is 1.70 bits per heavy atom. The summed E-state index contributed by atoms with van der Waals surface area (Å²) in [6.45, 7) is 5.49. The molecule has 2 aromatic rings. The van der Waals surface area contributed by atoms with Crippen LogP contribution in [0.4, 0.5) is 5.69 Å². The first kappa shape index (κ1) is 16.7. The SMILES string of the molecule is CC(=O)Nc1ccc(CC(=O)N[C@H](C)c2ccccc2C)cc1. The smallest absolute Gasteiger partial charge is 0.224 e. The summed E-state index contributed by atoms with van der Waals surface area (Å²) in [6.07, 6.45) is 0.316. The van der Waals surface area contributed by atoms with Crippen molar-refractivity contribution in [2.24, 2.45) is 0 Å². The highest BCUT2D eigenvalue weighted by atomic mass is 16.2. The van der Waals surface area contributed by atoms with Crippen LogP contribution in [0.5, 0.6) is 0 Å². The molecule has 0 heterocycles. The molecule has 2 aromatic carbocycles. The number of benzene rings is 2. The van der Waals surface area contributed by atoms with Crippen molar-refractivity contribution >= 4 is 17.5 Å². The van der Waals surface area contributed by atoms with Gasteiger partial charge in [0.15, 0.2) is 0 Å². The molecule has 0 aromatic heterocycles. The third-order valence-electron chi connectivity index (χ3n) is 3.67. The second-order valence-electron chi connectivity index (χ2n) is 5.70. The number of aryl methyl sites for hydroxylation is 1. The van der Waals surface area contributed by atoms with Gasteiger partial charge in [0.2, 0.25) is 11.8 Å². The molecule has 4 nitrogen and oxygen atoms in total. The van der Waals surface area contributed by atoms with Crippen LogP contribution in [0.3, 0.4) is 0 Å². The molecule has 0 fully saturated rings. The van der Waals surface area contributed by atoms with Gasteiger partial charge < -0.3 is 10.6 Å². The lowest BCUT2D eigenvalue weighted by Crippen LogP contribution is -2.28. The highest BCUT2D eigenvalue weighted by Gasteiger charge is 2.11. The summed E-state index contributed by atoms with van der Waals surface area (Å²) < 4.78 is 0. The Hall–Kier alpha value is -2.62. The molecule has 2 amide bonds. The van der Waals surface area contributed by atoms with E-state index in [4.69, 9.17) is 0 Å². The summed E-state index contributed by atoms with van der Waals surface area (Å²) in [5.41, 5.74) is 3.94. The largest absolute Gasteiger partial charge is 0.349 e. The Balaban J connectivity index is 1.94.